The number of hydrogen-bond donors (Lipinski definition) is 1. The van der Waals surface area contributed by atoms with Crippen molar-refractivity contribution in [3.05, 3.63) is 90.3 Å². The first-order valence-electron chi connectivity index (χ1n) is 8.66. The lowest BCUT2D eigenvalue weighted by molar-refractivity contribution is -0.689. The Morgan fingerprint density at radius 3 is 2.31 bits per heavy atom. The number of pyridine rings is 1. The summed E-state index contributed by atoms with van der Waals surface area (Å²) in [5.74, 6) is 0. The minimum Gasteiger partial charge on any atom is -0.411 e. The van der Waals surface area contributed by atoms with E-state index >= 15 is 0 Å². The van der Waals surface area contributed by atoms with E-state index in [1.165, 1.54) is 44.1 Å². The highest BCUT2D eigenvalue weighted by Crippen LogP contribution is 2.35. The van der Waals surface area contributed by atoms with Gasteiger partial charge in [-0.25, -0.2) is 0 Å². The van der Waals surface area contributed by atoms with Crippen LogP contribution in [0.5, 0.6) is 0 Å². The fourth-order valence-corrected chi connectivity index (χ4v) is 3.93. The highest BCUT2D eigenvalue weighted by atomic mass is 16.4. The molecule has 0 amide bonds. The molecule has 1 aromatic heterocycles. The van der Waals surface area contributed by atoms with E-state index in [9.17, 15) is 0 Å². The van der Waals surface area contributed by atoms with Gasteiger partial charge in [-0.2, -0.15) is 4.57 Å². The minimum absolute atomic E-state index is 0.719. The summed E-state index contributed by atoms with van der Waals surface area (Å²) in [6, 6.07) is 25.6. The van der Waals surface area contributed by atoms with Gasteiger partial charge in [0.25, 0.3) is 0 Å². The van der Waals surface area contributed by atoms with Crippen LogP contribution in [0.1, 0.15) is 11.3 Å². The van der Waals surface area contributed by atoms with Gasteiger partial charge in [0.2, 0.25) is 5.69 Å². The van der Waals surface area contributed by atoms with Gasteiger partial charge in [0, 0.05) is 17.7 Å². The Kier molecular flexibility index (Phi) is 3.32. The van der Waals surface area contributed by atoms with E-state index in [0.29, 0.717) is 0 Å². The molecule has 0 fully saturated rings. The van der Waals surface area contributed by atoms with E-state index in [1.807, 2.05) is 24.4 Å². The maximum Gasteiger partial charge on any atom is 0.227 e. The Morgan fingerprint density at radius 1 is 0.769 bits per heavy atom. The zero-order valence-corrected chi connectivity index (χ0v) is 14.1. The number of hydrogen-bond acceptors (Lipinski definition) is 2. The Hall–Kier alpha value is -3.46. The summed E-state index contributed by atoms with van der Waals surface area (Å²) in [5.41, 5.74) is 2.11. The van der Waals surface area contributed by atoms with Crippen molar-refractivity contribution >= 4 is 38.5 Å². The highest BCUT2D eigenvalue weighted by Gasteiger charge is 2.14. The quantitative estimate of drug-likeness (QED) is 0.167. The number of benzene rings is 4. The Bertz CT molecular complexity index is 1260. The molecular weight excluding hydrogens is 320 g/mol. The lowest BCUT2D eigenvalue weighted by Gasteiger charge is -2.13. The second kappa shape index (κ2) is 5.81. The second-order valence-electron chi connectivity index (χ2n) is 6.58. The van der Waals surface area contributed by atoms with Gasteiger partial charge >= 0.3 is 0 Å². The van der Waals surface area contributed by atoms with E-state index in [-0.39, 0.29) is 0 Å². The second-order valence-corrected chi connectivity index (χ2v) is 6.58. The zero-order chi connectivity index (χ0) is 17.5. The van der Waals surface area contributed by atoms with E-state index in [0.717, 1.165) is 12.2 Å². The molecule has 0 aliphatic carbocycles. The number of rotatable bonds is 3. The lowest BCUT2D eigenvalue weighted by Crippen LogP contribution is -2.38. The number of aromatic nitrogens is 1. The molecule has 0 radical (unpaired) electrons. The first kappa shape index (κ1) is 14.8. The maximum absolute atomic E-state index is 8.92. The van der Waals surface area contributed by atoms with Crippen molar-refractivity contribution in [2.75, 3.05) is 0 Å². The Morgan fingerprint density at radius 2 is 1.50 bits per heavy atom. The van der Waals surface area contributed by atoms with Crippen molar-refractivity contribution in [3.63, 3.8) is 0 Å². The van der Waals surface area contributed by atoms with Gasteiger partial charge < -0.3 is 5.21 Å². The molecule has 26 heavy (non-hydrogen) atoms. The average Bonchev–Trinajstić information content (AvgIpc) is 2.69. The van der Waals surface area contributed by atoms with Crippen LogP contribution in [0.2, 0.25) is 0 Å². The van der Waals surface area contributed by atoms with Gasteiger partial charge in [0.1, 0.15) is 6.21 Å². The number of oxime groups is 1. The standard InChI is InChI=1S/C23H16N2O/c26-24-14-20-6-1-2-13-25(20)15-19-10-9-18-8-7-16-4-3-5-17-11-12-21(19)23(18)22(16)17/h1-14H,15H2/p+1. The van der Waals surface area contributed by atoms with E-state index in [4.69, 9.17) is 5.21 Å². The highest BCUT2D eigenvalue weighted by molar-refractivity contribution is 6.23. The molecule has 3 nitrogen and oxygen atoms in total. The predicted octanol–water partition coefficient (Wildman–Crippen LogP) is 4.73. The molecule has 0 aliphatic heterocycles. The summed E-state index contributed by atoms with van der Waals surface area (Å²) >= 11 is 0. The molecule has 5 aromatic rings. The minimum atomic E-state index is 0.719. The topological polar surface area (TPSA) is 36.5 Å². The molecule has 1 N–H and O–H groups in total. The van der Waals surface area contributed by atoms with Crippen molar-refractivity contribution < 1.29 is 9.77 Å². The molecule has 1 heterocycles. The van der Waals surface area contributed by atoms with Crippen LogP contribution in [0, 0.1) is 0 Å². The van der Waals surface area contributed by atoms with Gasteiger partial charge in [-0.05, 0) is 38.4 Å². The van der Waals surface area contributed by atoms with Crippen molar-refractivity contribution in [1.29, 1.82) is 0 Å². The summed E-state index contributed by atoms with van der Waals surface area (Å²) in [7, 11) is 0. The van der Waals surface area contributed by atoms with Crippen LogP contribution >= 0.6 is 0 Å². The van der Waals surface area contributed by atoms with Crippen molar-refractivity contribution in [3.8, 4) is 0 Å². The van der Waals surface area contributed by atoms with Crippen molar-refractivity contribution in [1.82, 2.24) is 0 Å². The molecule has 0 bridgehead atoms. The summed E-state index contributed by atoms with van der Waals surface area (Å²) in [5, 5.41) is 19.9. The third kappa shape index (κ3) is 2.21. The summed E-state index contributed by atoms with van der Waals surface area (Å²) in [6.45, 7) is 0.719. The van der Waals surface area contributed by atoms with Gasteiger partial charge in [-0.15, -0.1) is 0 Å². The monoisotopic (exact) mass is 337 g/mol. The Balaban J connectivity index is 1.77. The first-order chi connectivity index (χ1) is 12.8. The molecule has 0 spiro atoms. The zero-order valence-electron chi connectivity index (χ0n) is 14.1. The average molecular weight is 337 g/mol. The Labute approximate surface area is 150 Å². The van der Waals surface area contributed by atoms with E-state index < -0.39 is 0 Å². The molecule has 4 aromatic carbocycles. The molecule has 3 heteroatoms. The smallest absolute Gasteiger partial charge is 0.227 e. The van der Waals surface area contributed by atoms with E-state index in [2.05, 4.69) is 64.3 Å². The summed E-state index contributed by atoms with van der Waals surface area (Å²) in [4.78, 5) is 0. The van der Waals surface area contributed by atoms with Crippen LogP contribution in [-0.4, -0.2) is 11.4 Å². The van der Waals surface area contributed by atoms with Crippen LogP contribution < -0.4 is 4.57 Å². The lowest BCUT2D eigenvalue weighted by atomic mass is 9.92. The van der Waals surface area contributed by atoms with Gasteiger partial charge in [-0.3, -0.25) is 0 Å². The summed E-state index contributed by atoms with van der Waals surface area (Å²) in [6.07, 6.45) is 3.48. The molecule has 0 unspecified atom stereocenters. The van der Waals surface area contributed by atoms with Crippen molar-refractivity contribution in [2.45, 2.75) is 6.54 Å². The number of nitrogens with zero attached hydrogens (tertiary/aromatic N) is 2. The van der Waals surface area contributed by atoms with Gasteiger partial charge in [0.15, 0.2) is 12.7 Å². The SMILES string of the molecule is O/N=C/c1cccc[n+]1Cc1ccc2ccc3cccc4ccc1c2c34. The largest absolute Gasteiger partial charge is 0.411 e. The predicted molar refractivity (Wildman–Crippen MR) is 105 cm³/mol. The molecule has 0 aliphatic rings. The third-order valence-electron chi connectivity index (χ3n) is 5.13. The van der Waals surface area contributed by atoms with Crippen LogP contribution in [-0.2, 0) is 6.54 Å². The first-order valence-corrected chi connectivity index (χ1v) is 8.66. The molecule has 0 atom stereocenters. The molecule has 124 valence electrons. The molecule has 5 rings (SSSR count). The summed E-state index contributed by atoms with van der Waals surface area (Å²) < 4.78 is 2.09. The van der Waals surface area contributed by atoms with Crippen LogP contribution in [0.15, 0.2) is 84.1 Å². The third-order valence-corrected chi connectivity index (χ3v) is 5.13. The molecule has 0 saturated heterocycles. The molecule has 0 saturated carbocycles. The fourth-order valence-electron chi connectivity index (χ4n) is 3.93. The van der Waals surface area contributed by atoms with E-state index in [1.54, 1.807) is 0 Å². The van der Waals surface area contributed by atoms with Crippen molar-refractivity contribution in [2.24, 2.45) is 5.16 Å². The van der Waals surface area contributed by atoms with Gasteiger partial charge in [-0.1, -0.05) is 59.8 Å². The molecular formula is C23H17N2O+. The van der Waals surface area contributed by atoms with Crippen LogP contribution in [0.4, 0.5) is 0 Å². The normalized spacial score (nSPS) is 12.0. The maximum atomic E-state index is 8.92. The fraction of sp³-hybridized carbons (Fsp3) is 0.0435. The van der Waals surface area contributed by atoms with Crippen LogP contribution in [0.3, 0.4) is 0 Å². The van der Waals surface area contributed by atoms with Crippen LogP contribution in [0.25, 0.3) is 32.3 Å². The van der Waals surface area contributed by atoms with Gasteiger partial charge in [0.05, 0.1) is 0 Å².